The molecule has 2 bridgehead atoms. The molecule has 252 valence electrons. The Bertz CT molecular complexity index is 2020. The van der Waals surface area contributed by atoms with Gasteiger partial charge in [-0.2, -0.15) is 10.4 Å². The van der Waals surface area contributed by atoms with Crippen LogP contribution < -0.4 is 4.74 Å². The molecule has 1 aromatic carbocycles. The van der Waals surface area contributed by atoms with E-state index < -0.39 is 11.9 Å². The van der Waals surface area contributed by atoms with E-state index in [4.69, 9.17) is 9.72 Å². The number of likely N-dealkylation sites (tertiary alicyclic amines) is 1. The molecular formula is C34H38BrFN8O4. The van der Waals surface area contributed by atoms with Crippen molar-refractivity contribution in [1.29, 1.82) is 5.26 Å². The van der Waals surface area contributed by atoms with Crippen LogP contribution in [0, 0.1) is 23.1 Å². The minimum atomic E-state index is -0.980. The summed E-state index contributed by atoms with van der Waals surface area (Å²) in [5.74, 6) is -0.508. The number of benzene rings is 1. The second-order valence-electron chi connectivity index (χ2n) is 13.5. The van der Waals surface area contributed by atoms with Gasteiger partial charge in [0.25, 0.3) is 5.91 Å². The first-order valence-corrected chi connectivity index (χ1v) is 17.0. The highest BCUT2D eigenvalue weighted by molar-refractivity contribution is 9.10. The van der Waals surface area contributed by atoms with Crippen LogP contribution in [-0.2, 0) is 13.5 Å². The fourth-order valence-electron chi connectivity index (χ4n) is 8.13. The maximum absolute atomic E-state index is 16.4. The van der Waals surface area contributed by atoms with Crippen molar-refractivity contribution in [2.24, 2.45) is 13.0 Å². The molecule has 3 saturated heterocycles. The quantitative estimate of drug-likeness (QED) is 0.255. The summed E-state index contributed by atoms with van der Waals surface area (Å²) in [6.45, 7) is 3.34. The van der Waals surface area contributed by atoms with Crippen molar-refractivity contribution < 1.29 is 23.8 Å². The molecule has 14 heteroatoms. The summed E-state index contributed by atoms with van der Waals surface area (Å²) < 4.78 is 27.0. The molecule has 3 aromatic heterocycles. The number of nitriles is 1. The van der Waals surface area contributed by atoms with Crippen LogP contribution in [0.5, 0.6) is 5.88 Å². The number of fused-ring (bicyclic) bond motifs is 4. The van der Waals surface area contributed by atoms with E-state index in [2.05, 4.69) is 43.6 Å². The largest absolute Gasteiger partial charge is 0.472 e. The summed E-state index contributed by atoms with van der Waals surface area (Å²) in [6.07, 6.45) is 3.66. The van der Waals surface area contributed by atoms with Crippen LogP contribution >= 0.6 is 15.9 Å². The number of amides is 2. The van der Waals surface area contributed by atoms with Gasteiger partial charge in [-0.3, -0.25) is 14.4 Å². The van der Waals surface area contributed by atoms with E-state index in [1.54, 1.807) is 32.0 Å². The Morgan fingerprint density at radius 1 is 1.27 bits per heavy atom. The zero-order chi connectivity index (χ0) is 34.2. The number of carbonyl (C=O) groups excluding carboxylic acids is 1. The van der Waals surface area contributed by atoms with E-state index in [9.17, 15) is 20.0 Å². The lowest BCUT2D eigenvalue weighted by atomic mass is 9.79. The Morgan fingerprint density at radius 2 is 2.04 bits per heavy atom. The number of nitrogens with zero attached hydrogens (tertiary/aromatic N) is 8. The van der Waals surface area contributed by atoms with Gasteiger partial charge in [-0.25, -0.2) is 14.2 Å². The fraction of sp³-hybridized carbons (Fsp3) is 0.500. The fourth-order valence-corrected chi connectivity index (χ4v) is 8.63. The number of likely N-dealkylation sites (N-methyl/N-ethyl adjacent to an activating group) is 1. The van der Waals surface area contributed by atoms with Gasteiger partial charge >= 0.3 is 6.09 Å². The molecule has 1 saturated carbocycles. The minimum Gasteiger partial charge on any atom is -0.472 e. The highest BCUT2D eigenvalue weighted by Gasteiger charge is 2.56. The SMILES string of the molecule is C[C@H](Oc1nc2c(F)c(Br)c(CCC#N)cc2c2c1cc(-c1cnn(C)c1C(=O)N(C)C)n2[C@H]1[C@@H]2C[C@H]1N(C(=O)O)C2)[C@@H]1CCCN1C. The Balaban J connectivity index is 1.56. The van der Waals surface area contributed by atoms with E-state index in [-0.39, 0.29) is 58.3 Å². The van der Waals surface area contributed by atoms with Gasteiger partial charge in [0.05, 0.1) is 45.4 Å². The first kappa shape index (κ1) is 32.3. The number of carbonyl (C=O) groups is 2. The maximum Gasteiger partial charge on any atom is 0.407 e. The number of halogens is 2. The van der Waals surface area contributed by atoms with Crippen LogP contribution in [0.1, 0.15) is 54.7 Å². The molecule has 4 aliphatic rings. The molecule has 3 aliphatic heterocycles. The average Bonchev–Trinajstić information content (AvgIpc) is 3.87. The Kier molecular flexibility index (Phi) is 8.10. The second kappa shape index (κ2) is 12.0. The number of aryl methyl sites for hydroxylation is 2. The van der Waals surface area contributed by atoms with Crippen molar-refractivity contribution in [3.63, 3.8) is 0 Å². The Morgan fingerprint density at radius 3 is 2.69 bits per heavy atom. The number of pyridine rings is 1. The Hall–Kier alpha value is -4.22. The van der Waals surface area contributed by atoms with Crippen LogP contribution in [0.25, 0.3) is 33.1 Å². The summed E-state index contributed by atoms with van der Waals surface area (Å²) in [6, 6.07) is 5.53. The zero-order valence-electron chi connectivity index (χ0n) is 27.6. The van der Waals surface area contributed by atoms with Crippen molar-refractivity contribution in [2.45, 2.75) is 63.3 Å². The maximum atomic E-state index is 16.4. The molecule has 8 rings (SSSR count). The molecule has 1 N–H and O–H groups in total. The van der Waals surface area contributed by atoms with E-state index >= 15 is 4.39 Å². The summed E-state index contributed by atoms with van der Waals surface area (Å²) >= 11 is 3.44. The molecule has 6 heterocycles. The third kappa shape index (κ3) is 4.92. The Labute approximate surface area is 285 Å². The molecule has 0 radical (unpaired) electrons. The molecule has 0 spiro atoms. The number of carboxylic acid groups (broad SMARTS) is 1. The number of rotatable bonds is 8. The smallest absolute Gasteiger partial charge is 0.407 e. The predicted molar refractivity (Wildman–Crippen MR) is 180 cm³/mol. The highest BCUT2D eigenvalue weighted by atomic mass is 79.9. The topological polar surface area (TPSA) is 133 Å². The summed E-state index contributed by atoms with van der Waals surface area (Å²) in [5.41, 5.74) is 2.99. The third-order valence-corrected chi connectivity index (χ3v) is 11.4. The van der Waals surface area contributed by atoms with Crippen molar-refractivity contribution in [3.05, 3.63) is 39.9 Å². The lowest BCUT2D eigenvalue weighted by molar-refractivity contribution is 0.0817. The van der Waals surface area contributed by atoms with Crippen molar-refractivity contribution in [1.82, 2.24) is 34.0 Å². The second-order valence-corrected chi connectivity index (χ2v) is 14.3. The van der Waals surface area contributed by atoms with Crippen LogP contribution in [0.3, 0.4) is 0 Å². The minimum absolute atomic E-state index is 0.0159. The molecule has 12 nitrogen and oxygen atoms in total. The number of hydrogen-bond donors (Lipinski definition) is 1. The van der Waals surface area contributed by atoms with Crippen molar-refractivity contribution >= 4 is 49.7 Å². The average molecular weight is 722 g/mol. The van der Waals surface area contributed by atoms with Crippen LogP contribution in [0.2, 0.25) is 0 Å². The van der Waals surface area contributed by atoms with Gasteiger partial charge in [0.1, 0.15) is 17.3 Å². The number of hydrogen-bond acceptors (Lipinski definition) is 7. The van der Waals surface area contributed by atoms with Gasteiger partial charge in [-0.15, -0.1) is 0 Å². The molecule has 4 aromatic rings. The molecular weight excluding hydrogens is 683 g/mol. The molecule has 2 amide bonds. The standard InChI is InChI=1S/C34H38BrFN8O4/c1-17(23-9-7-11-41(23)4)48-32-21-14-24(22-15-38-42(5)31(22)33(45)40(2)3)44(29-19-13-25(29)43(16-19)34(46)47)30(21)20-12-18(8-6-10-37)26(35)27(36)28(20)39-32/h12,14-15,17,19,23,25,29H,6-9,11,13,16H2,1-5H3,(H,46,47)/t17-,19+,23-,25+,29-/m0/s1. The monoisotopic (exact) mass is 720 g/mol. The molecule has 1 aliphatic carbocycles. The van der Waals surface area contributed by atoms with E-state index in [1.807, 2.05) is 19.1 Å². The van der Waals surface area contributed by atoms with Crippen LogP contribution in [-0.4, -0.2) is 104 Å². The molecule has 48 heavy (non-hydrogen) atoms. The first-order chi connectivity index (χ1) is 22.9. The van der Waals surface area contributed by atoms with E-state index in [0.29, 0.717) is 58.2 Å². The van der Waals surface area contributed by atoms with E-state index in [1.165, 1.54) is 9.80 Å². The molecule has 4 fully saturated rings. The van der Waals surface area contributed by atoms with Gasteiger partial charge in [-0.1, -0.05) is 0 Å². The van der Waals surface area contributed by atoms with Gasteiger partial charge < -0.3 is 24.2 Å². The van der Waals surface area contributed by atoms with Gasteiger partial charge in [0, 0.05) is 57.0 Å². The van der Waals surface area contributed by atoms with Gasteiger partial charge in [0.2, 0.25) is 5.88 Å². The summed E-state index contributed by atoms with van der Waals surface area (Å²) in [5, 5.41) is 25.1. The lowest BCUT2D eigenvalue weighted by Crippen LogP contribution is -2.42. The number of aromatic nitrogens is 4. The molecule has 0 unspecified atom stereocenters. The first-order valence-electron chi connectivity index (χ1n) is 16.3. The van der Waals surface area contributed by atoms with Gasteiger partial charge in [0.15, 0.2) is 5.82 Å². The van der Waals surface area contributed by atoms with Crippen LogP contribution in [0.4, 0.5) is 9.18 Å². The predicted octanol–water partition coefficient (Wildman–Crippen LogP) is 5.43. The summed E-state index contributed by atoms with van der Waals surface area (Å²) in [4.78, 5) is 35.9. The van der Waals surface area contributed by atoms with E-state index in [0.717, 1.165) is 19.4 Å². The van der Waals surface area contributed by atoms with Crippen LogP contribution in [0.15, 0.2) is 22.8 Å². The third-order valence-electron chi connectivity index (χ3n) is 10.5. The zero-order valence-corrected chi connectivity index (χ0v) is 29.2. The normalized spacial score (nSPS) is 22.7. The lowest BCUT2D eigenvalue weighted by Gasteiger charge is -2.38. The van der Waals surface area contributed by atoms with Gasteiger partial charge in [-0.05, 0) is 79.8 Å². The number of ether oxygens (including phenoxy) is 1. The summed E-state index contributed by atoms with van der Waals surface area (Å²) in [7, 11) is 7.15. The van der Waals surface area contributed by atoms with Crippen molar-refractivity contribution in [2.75, 3.05) is 34.2 Å². The molecule has 5 atom stereocenters. The van der Waals surface area contributed by atoms with Crippen molar-refractivity contribution in [3.8, 4) is 23.2 Å². The highest BCUT2D eigenvalue weighted by Crippen LogP contribution is 2.54.